The first-order chi connectivity index (χ1) is 22.0. The lowest BCUT2D eigenvalue weighted by atomic mass is 10.1. The van der Waals surface area contributed by atoms with E-state index < -0.39 is 5.60 Å². The molecule has 1 fully saturated rings. The Labute approximate surface area is 277 Å². The second-order valence-corrected chi connectivity index (χ2v) is 12.2. The maximum atomic E-state index is 12.4. The number of carbonyl (C=O) groups is 1. The van der Waals surface area contributed by atoms with Crippen molar-refractivity contribution in [2.45, 2.75) is 26.4 Å². The number of rotatable bonds is 8. The molecule has 0 radical (unpaired) electrons. The summed E-state index contributed by atoms with van der Waals surface area (Å²) in [7, 11) is 3.02. The summed E-state index contributed by atoms with van der Waals surface area (Å²) >= 11 is 13.2. The maximum absolute atomic E-state index is 12.4. The van der Waals surface area contributed by atoms with E-state index in [9.17, 15) is 4.79 Å². The molecule has 0 unspecified atom stereocenters. The van der Waals surface area contributed by atoms with Gasteiger partial charge in [-0.2, -0.15) is 0 Å². The molecule has 1 aliphatic heterocycles. The second-order valence-electron chi connectivity index (χ2n) is 11.4. The molecule has 1 aliphatic rings. The van der Waals surface area contributed by atoms with Crippen molar-refractivity contribution in [1.82, 2.24) is 19.9 Å². The molecule has 0 aliphatic carbocycles. The van der Waals surface area contributed by atoms with Crippen molar-refractivity contribution in [1.29, 1.82) is 0 Å². The number of nitrogens with one attached hydrogen (secondary N) is 2. The third-order valence-electron chi connectivity index (χ3n) is 7.16. The Balaban J connectivity index is 1.31. The van der Waals surface area contributed by atoms with Crippen molar-refractivity contribution in [3.05, 3.63) is 65.0 Å². The number of aromatic nitrogens is 3. The molecular weight excluding hydrogens is 631 g/mol. The normalized spacial score (nSPS) is 13.3. The number of pyridine rings is 1. The molecule has 0 spiro atoms. The van der Waals surface area contributed by atoms with E-state index in [1.54, 1.807) is 29.3 Å². The monoisotopic (exact) mass is 666 g/mol. The van der Waals surface area contributed by atoms with Crippen molar-refractivity contribution in [2.75, 3.05) is 61.7 Å². The molecular formula is C32H36Cl2N8O4. The summed E-state index contributed by atoms with van der Waals surface area (Å²) < 4.78 is 16.3. The topological polar surface area (TPSA) is 140 Å². The number of halogens is 2. The molecule has 0 saturated carbocycles. The van der Waals surface area contributed by atoms with Crippen LogP contribution in [0.5, 0.6) is 11.5 Å². The smallest absolute Gasteiger partial charge is 0.410 e. The largest absolute Gasteiger partial charge is 0.495 e. The average molecular weight is 668 g/mol. The Hall–Kier alpha value is -4.68. The molecule has 4 N–H and O–H groups in total. The lowest BCUT2D eigenvalue weighted by molar-refractivity contribution is 0.0240. The molecule has 4 aromatic rings. The number of methoxy groups -OCH3 is 2. The van der Waals surface area contributed by atoms with Crippen LogP contribution in [0.25, 0.3) is 11.3 Å². The fourth-order valence-corrected chi connectivity index (χ4v) is 5.47. The number of hydrogen-bond acceptors (Lipinski definition) is 11. The number of ether oxygens (including phenoxy) is 3. The maximum Gasteiger partial charge on any atom is 0.410 e. The number of carbonyl (C=O) groups excluding carboxylic acids is 1. The molecule has 5 rings (SSSR count). The van der Waals surface area contributed by atoms with Crippen molar-refractivity contribution in [2.24, 2.45) is 0 Å². The van der Waals surface area contributed by atoms with Crippen LogP contribution in [0.4, 0.5) is 39.2 Å². The van der Waals surface area contributed by atoms with Gasteiger partial charge in [0.15, 0.2) is 0 Å². The Bertz CT molecular complexity index is 1700. The van der Waals surface area contributed by atoms with E-state index in [0.717, 1.165) is 5.69 Å². The lowest BCUT2D eigenvalue weighted by Gasteiger charge is -2.37. The van der Waals surface area contributed by atoms with Crippen LogP contribution in [0.1, 0.15) is 20.8 Å². The SMILES string of the molecule is COc1cc(OC)c(Cl)c(Nc2ncccc2-c2cc(Nc3ccc(N4CCN(C(=O)OC(C)(C)C)CC4)cc3N)ncn2)c1Cl. The van der Waals surface area contributed by atoms with Gasteiger partial charge in [-0.15, -0.1) is 0 Å². The van der Waals surface area contributed by atoms with Gasteiger partial charge in [0.05, 0.1) is 37.0 Å². The first kappa shape index (κ1) is 32.7. The van der Waals surface area contributed by atoms with Gasteiger partial charge in [0.1, 0.15) is 45.1 Å². The number of nitrogens with zero attached hydrogens (tertiary/aromatic N) is 5. The predicted octanol–water partition coefficient (Wildman–Crippen LogP) is 6.99. The molecule has 0 atom stereocenters. The summed E-state index contributed by atoms with van der Waals surface area (Å²) in [5, 5.41) is 7.07. The molecule has 12 nitrogen and oxygen atoms in total. The van der Waals surface area contributed by atoms with Crippen LogP contribution in [-0.4, -0.2) is 71.9 Å². The quantitative estimate of drug-likeness (QED) is 0.168. The fourth-order valence-electron chi connectivity index (χ4n) is 4.87. The highest BCUT2D eigenvalue weighted by Gasteiger charge is 2.26. The first-order valence-corrected chi connectivity index (χ1v) is 15.3. The number of amides is 1. The summed E-state index contributed by atoms with van der Waals surface area (Å²) in [6, 6.07) is 12.9. The molecule has 3 heterocycles. The van der Waals surface area contributed by atoms with E-state index in [-0.39, 0.29) is 16.1 Å². The highest BCUT2D eigenvalue weighted by Crippen LogP contribution is 2.46. The van der Waals surface area contributed by atoms with Gasteiger partial charge in [-0.25, -0.2) is 19.7 Å². The summed E-state index contributed by atoms with van der Waals surface area (Å²) in [5.41, 5.74) is 9.80. The zero-order valence-corrected chi connectivity index (χ0v) is 27.7. The highest BCUT2D eigenvalue weighted by molar-refractivity contribution is 6.41. The van der Waals surface area contributed by atoms with E-state index in [1.165, 1.54) is 20.5 Å². The minimum Gasteiger partial charge on any atom is -0.495 e. The van der Waals surface area contributed by atoms with Crippen LogP contribution in [0.3, 0.4) is 0 Å². The molecule has 46 heavy (non-hydrogen) atoms. The minimum absolute atomic E-state index is 0.277. The molecule has 1 saturated heterocycles. The molecule has 1 amide bonds. The summed E-state index contributed by atoms with van der Waals surface area (Å²) in [4.78, 5) is 29.7. The van der Waals surface area contributed by atoms with Crippen molar-refractivity contribution >= 4 is 63.7 Å². The number of nitrogen functional groups attached to an aromatic ring is 1. The number of piperazine rings is 1. The average Bonchev–Trinajstić information content (AvgIpc) is 3.04. The predicted molar refractivity (Wildman–Crippen MR) is 182 cm³/mol. The van der Waals surface area contributed by atoms with E-state index in [2.05, 4.69) is 30.5 Å². The van der Waals surface area contributed by atoms with Crippen LogP contribution in [0.15, 0.2) is 55.0 Å². The van der Waals surface area contributed by atoms with Crippen molar-refractivity contribution in [3.63, 3.8) is 0 Å². The van der Waals surface area contributed by atoms with E-state index in [1.807, 2.05) is 45.0 Å². The number of benzene rings is 2. The Morgan fingerprint density at radius 1 is 0.913 bits per heavy atom. The van der Waals surface area contributed by atoms with Gasteiger partial charge in [0, 0.05) is 55.8 Å². The zero-order chi connectivity index (χ0) is 33.0. The molecule has 14 heteroatoms. The molecule has 2 aromatic carbocycles. The third kappa shape index (κ3) is 7.40. The van der Waals surface area contributed by atoms with E-state index in [4.69, 9.17) is 43.1 Å². The van der Waals surface area contributed by atoms with Crippen LogP contribution in [-0.2, 0) is 4.74 Å². The Kier molecular flexibility index (Phi) is 9.78. The number of hydrogen-bond donors (Lipinski definition) is 3. The summed E-state index contributed by atoms with van der Waals surface area (Å²) in [6.45, 7) is 8.06. The minimum atomic E-state index is -0.527. The fraction of sp³-hybridized carbons (Fsp3) is 0.312. The molecule has 242 valence electrons. The summed E-state index contributed by atoms with van der Waals surface area (Å²) in [5.74, 6) is 1.78. The van der Waals surface area contributed by atoms with Crippen molar-refractivity contribution in [3.8, 4) is 22.8 Å². The van der Waals surface area contributed by atoms with Gasteiger partial charge in [-0.1, -0.05) is 23.2 Å². The number of anilines is 6. The van der Waals surface area contributed by atoms with Gasteiger partial charge in [-0.3, -0.25) is 0 Å². The molecule has 0 bridgehead atoms. The van der Waals surface area contributed by atoms with Gasteiger partial charge in [-0.05, 0) is 51.1 Å². The third-order valence-corrected chi connectivity index (χ3v) is 7.91. The number of nitrogens with two attached hydrogens (primary N) is 1. The first-order valence-electron chi connectivity index (χ1n) is 14.5. The van der Waals surface area contributed by atoms with Gasteiger partial charge in [0.25, 0.3) is 0 Å². The Morgan fingerprint density at radius 2 is 1.61 bits per heavy atom. The van der Waals surface area contributed by atoms with Crippen LogP contribution < -0.4 is 30.7 Å². The van der Waals surface area contributed by atoms with Gasteiger partial charge >= 0.3 is 6.09 Å². The van der Waals surface area contributed by atoms with Crippen LogP contribution >= 0.6 is 23.2 Å². The van der Waals surface area contributed by atoms with Crippen molar-refractivity contribution < 1.29 is 19.0 Å². The van der Waals surface area contributed by atoms with Gasteiger partial charge < -0.3 is 40.4 Å². The van der Waals surface area contributed by atoms with Gasteiger partial charge in [0.2, 0.25) is 0 Å². The Morgan fingerprint density at radius 3 is 2.24 bits per heavy atom. The van der Waals surface area contributed by atoms with E-state index in [0.29, 0.717) is 77.6 Å². The summed E-state index contributed by atoms with van der Waals surface area (Å²) in [6.07, 6.45) is 2.81. The standard InChI is InChI=1S/C32H36Cl2N8O4/c1-32(2,3)46-31(43)42-13-11-41(12-14-42)19-8-9-22(21(35)15-19)39-26-16-23(37-18-38-26)20-7-6-10-36-30(20)40-29-27(33)24(44-4)17-25(45-5)28(29)34/h6-10,15-18H,11-14,35H2,1-5H3,(H,36,40)(H,37,38,39). The second kappa shape index (κ2) is 13.8. The van der Waals surface area contributed by atoms with Crippen LogP contribution in [0, 0.1) is 0 Å². The van der Waals surface area contributed by atoms with Crippen LogP contribution in [0.2, 0.25) is 10.0 Å². The zero-order valence-electron chi connectivity index (χ0n) is 26.2. The molecule has 2 aromatic heterocycles. The van der Waals surface area contributed by atoms with E-state index >= 15 is 0 Å². The lowest BCUT2D eigenvalue weighted by Crippen LogP contribution is -2.50. The highest BCUT2D eigenvalue weighted by atomic mass is 35.5.